The number of amides is 4. The minimum atomic E-state index is -1.64. The molecule has 0 spiro atoms. The third-order valence-corrected chi connectivity index (χ3v) is 4.05. The Balaban J connectivity index is 5.38. The van der Waals surface area contributed by atoms with Crippen molar-refractivity contribution in [2.75, 3.05) is 0 Å². The van der Waals surface area contributed by atoms with Crippen LogP contribution in [0.5, 0.6) is 0 Å². The van der Waals surface area contributed by atoms with Gasteiger partial charge >= 0.3 is 11.9 Å². The topological polar surface area (TPSA) is 251 Å². The second-order valence-electron chi connectivity index (χ2n) is 6.91. The molecule has 0 aliphatic heterocycles. The molecule has 0 aromatic carbocycles. The summed E-state index contributed by atoms with van der Waals surface area (Å²) in [5, 5.41) is 34.2. The second kappa shape index (κ2) is 13.1. The summed E-state index contributed by atoms with van der Waals surface area (Å²) >= 11 is 0. The van der Waals surface area contributed by atoms with E-state index >= 15 is 0 Å². The Morgan fingerprint density at radius 1 is 0.806 bits per heavy atom. The van der Waals surface area contributed by atoms with E-state index in [1.165, 1.54) is 6.92 Å². The Bertz CT molecular complexity index is 695. The molecule has 14 heteroatoms. The molecule has 0 aromatic rings. The number of nitrogens with one attached hydrogen (secondary N) is 3. The lowest BCUT2D eigenvalue weighted by atomic mass is 10.1. The fraction of sp³-hybridized carbons (Fsp3) is 0.647. The summed E-state index contributed by atoms with van der Waals surface area (Å²) < 4.78 is 0. The number of carboxylic acids is 2. The van der Waals surface area contributed by atoms with Crippen molar-refractivity contribution in [3.8, 4) is 0 Å². The molecule has 0 rings (SSSR count). The Morgan fingerprint density at radius 2 is 1.32 bits per heavy atom. The number of aliphatic hydroxyl groups is 1. The number of carbonyl (C=O) groups is 6. The third-order valence-electron chi connectivity index (χ3n) is 4.05. The lowest BCUT2D eigenvalue weighted by Crippen LogP contribution is -2.59. The normalized spacial score (nSPS) is 15.5. The quantitative estimate of drug-likeness (QED) is 0.130. The minimum absolute atomic E-state index is 0.218. The van der Waals surface area contributed by atoms with Crippen molar-refractivity contribution in [1.29, 1.82) is 0 Å². The highest BCUT2D eigenvalue weighted by Crippen LogP contribution is 2.04. The lowest BCUT2D eigenvalue weighted by molar-refractivity contribution is -0.144. The summed E-state index contributed by atoms with van der Waals surface area (Å²) in [6.45, 7) is 2.50. The van der Waals surface area contributed by atoms with Crippen LogP contribution in [-0.2, 0) is 28.8 Å². The molecule has 0 aromatic heterocycles. The third kappa shape index (κ3) is 10.9. The van der Waals surface area contributed by atoms with Gasteiger partial charge in [0.1, 0.15) is 18.1 Å². The summed E-state index contributed by atoms with van der Waals surface area (Å²) in [4.78, 5) is 69.7. The first-order chi connectivity index (χ1) is 14.3. The molecule has 0 heterocycles. The van der Waals surface area contributed by atoms with Gasteiger partial charge in [-0.2, -0.15) is 0 Å². The zero-order valence-corrected chi connectivity index (χ0v) is 17.2. The van der Waals surface area contributed by atoms with Crippen LogP contribution in [0.3, 0.4) is 0 Å². The molecule has 0 fully saturated rings. The van der Waals surface area contributed by atoms with Crippen molar-refractivity contribution >= 4 is 35.6 Å². The van der Waals surface area contributed by atoms with Crippen molar-refractivity contribution in [2.24, 2.45) is 11.5 Å². The fourth-order valence-corrected chi connectivity index (χ4v) is 2.30. The molecule has 0 aliphatic carbocycles. The van der Waals surface area contributed by atoms with Crippen molar-refractivity contribution in [1.82, 2.24) is 16.0 Å². The van der Waals surface area contributed by atoms with E-state index in [0.717, 1.165) is 6.92 Å². The van der Waals surface area contributed by atoms with E-state index in [9.17, 15) is 33.9 Å². The standard InChI is InChI=1S/C17H29N5O9/c1-7(18)14(27)20-9(3-5-11(19)24)15(28)22-13(8(2)23)16(29)21-10(17(30)31)4-6-12(25)26/h7-10,13,23H,3-6,18H2,1-2H3,(H2,19,24)(H,20,27)(H,21,29)(H,22,28)(H,25,26)(H,30,31). The van der Waals surface area contributed by atoms with Gasteiger partial charge in [-0.25, -0.2) is 4.79 Å². The zero-order chi connectivity index (χ0) is 24.3. The van der Waals surface area contributed by atoms with Crippen LogP contribution >= 0.6 is 0 Å². The van der Waals surface area contributed by atoms with E-state index in [1.807, 2.05) is 5.32 Å². The molecular formula is C17H29N5O9. The Kier molecular flexibility index (Phi) is 11.7. The van der Waals surface area contributed by atoms with Crippen LogP contribution in [0.4, 0.5) is 0 Å². The number of carboxylic acid groups (broad SMARTS) is 2. The zero-order valence-electron chi connectivity index (χ0n) is 17.2. The minimum Gasteiger partial charge on any atom is -0.481 e. The molecule has 176 valence electrons. The lowest BCUT2D eigenvalue weighted by Gasteiger charge is -2.26. The van der Waals surface area contributed by atoms with Gasteiger partial charge < -0.3 is 42.7 Å². The van der Waals surface area contributed by atoms with E-state index in [2.05, 4.69) is 10.6 Å². The molecule has 0 radical (unpaired) electrons. The van der Waals surface area contributed by atoms with Gasteiger partial charge in [-0.1, -0.05) is 0 Å². The Hall–Kier alpha value is -3.26. The summed E-state index contributed by atoms with van der Waals surface area (Å²) in [5.41, 5.74) is 10.5. The molecule has 0 saturated heterocycles. The highest BCUT2D eigenvalue weighted by molar-refractivity contribution is 5.94. The smallest absolute Gasteiger partial charge is 0.326 e. The SMILES string of the molecule is CC(N)C(=O)NC(CCC(N)=O)C(=O)NC(C(=O)NC(CCC(=O)O)C(=O)O)C(C)O. The number of aliphatic hydroxyl groups excluding tert-OH is 1. The first-order valence-electron chi connectivity index (χ1n) is 9.33. The van der Waals surface area contributed by atoms with Gasteiger partial charge in [0, 0.05) is 12.8 Å². The predicted octanol–water partition coefficient (Wildman–Crippen LogP) is -3.62. The first-order valence-corrected chi connectivity index (χ1v) is 9.33. The molecule has 14 nitrogen and oxygen atoms in total. The van der Waals surface area contributed by atoms with Crippen LogP contribution in [0.1, 0.15) is 39.5 Å². The molecule has 0 aliphatic rings. The number of hydrogen-bond acceptors (Lipinski definition) is 8. The van der Waals surface area contributed by atoms with Crippen LogP contribution in [0.25, 0.3) is 0 Å². The maximum Gasteiger partial charge on any atom is 0.326 e. The predicted molar refractivity (Wildman–Crippen MR) is 104 cm³/mol. The summed E-state index contributed by atoms with van der Waals surface area (Å²) in [5.74, 6) is -6.29. The monoisotopic (exact) mass is 447 g/mol. The van der Waals surface area contributed by atoms with E-state index < -0.39 is 78.7 Å². The van der Waals surface area contributed by atoms with Gasteiger partial charge in [-0.3, -0.25) is 24.0 Å². The molecule has 0 saturated carbocycles. The number of carbonyl (C=O) groups excluding carboxylic acids is 4. The Labute approximate surface area is 177 Å². The molecular weight excluding hydrogens is 418 g/mol. The molecule has 10 N–H and O–H groups in total. The average molecular weight is 447 g/mol. The molecule has 4 amide bonds. The number of hydrogen-bond donors (Lipinski definition) is 8. The average Bonchev–Trinajstić information content (AvgIpc) is 2.64. The van der Waals surface area contributed by atoms with Gasteiger partial charge in [0.15, 0.2) is 0 Å². The first kappa shape index (κ1) is 27.7. The summed E-state index contributed by atoms with van der Waals surface area (Å²) in [6.07, 6.45) is -2.95. The number of primary amides is 1. The van der Waals surface area contributed by atoms with E-state index in [4.69, 9.17) is 21.7 Å². The van der Waals surface area contributed by atoms with Crippen LogP contribution in [-0.4, -0.2) is 81.2 Å². The molecule has 5 atom stereocenters. The van der Waals surface area contributed by atoms with Crippen molar-refractivity contribution in [2.45, 2.75) is 69.8 Å². The maximum absolute atomic E-state index is 12.6. The van der Waals surface area contributed by atoms with Crippen molar-refractivity contribution in [3.05, 3.63) is 0 Å². The summed E-state index contributed by atoms with van der Waals surface area (Å²) in [6, 6.07) is -5.51. The van der Waals surface area contributed by atoms with Crippen LogP contribution in [0, 0.1) is 0 Å². The largest absolute Gasteiger partial charge is 0.481 e. The van der Waals surface area contributed by atoms with Crippen molar-refractivity contribution in [3.63, 3.8) is 0 Å². The van der Waals surface area contributed by atoms with Crippen LogP contribution in [0.15, 0.2) is 0 Å². The number of rotatable bonds is 14. The van der Waals surface area contributed by atoms with Gasteiger partial charge in [0.05, 0.1) is 12.1 Å². The molecule has 5 unspecified atom stereocenters. The fourth-order valence-electron chi connectivity index (χ4n) is 2.30. The van der Waals surface area contributed by atoms with Gasteiger partial charge in [-0.05, 0) is 26.7 Å². The summed E-state index contributed by atoms with van der Waals surface area (Å²) in [7, 11) is 0. The van der Waals surface area contributed by atoms with Gasteiger partial charge in [0.2, 0.25) is 23.6 Å². The molecule has 31 heavy (non-hydrogen) atoms. The number of aliphatic carboxylic acids is 2. The van der Waals surface area contributed by atoms with Crippen LogP contribution in [0.2, 0.25) is 0 Å². The Morgan fingerprint density at radius 3 is 1.74 bits per heavy atom. The van der Waals surface area contributed by atoms with E-state index in [-0.39, 0.29) is 12.8 Å². The van der Waals surface area contributed by atoms with Crippen LogP contribution < -0.4 is 27.4 Å². The van der Waals surface area contributed by atoms with E-state index in [0.29, 0.717) is 0 Å². The second-order valence-corrected chi connectivity index (χ2v) is 6.91. The van der Waals surface area contributed by atoms with Gasteiger partial charge in [-0.15, -0.1) is 0 Å². The number of nitrogens with two attached hydrogens (primary N) is 2. The van der Waals surface area contributed by atoms with E-state index in [1.54, 1.807) is 0 Å². The van der Waals surface area contributed by atoms with Crippen molar-refractivity contribution < 1.29 is 44.1 Å². The molecule has 0 bridgehead atoms. The highest BCUT2D eigenvalue weighted by Gasteiger charge is 2.32. The highest BCUT2D eigenvalue weighted by atomic mass is 16.4. The maximum atomic E-state index is 12.6. The van der Waals surface area contributed by atoms with Gasteiger partial charge in [0.25, 0.3) is 0 Å².